The highest BCUT2D eigenvalue weighted by Crippen LogP contribution is 2.39. The van der Waals surface area contributed by atoms with Crippen molar-refractivity contribution in [2.75, 3.05) is 36.5 Å². The number of hydrogen-bond acceptors (Lipinski definition) is 6. The lowest BCUT2D eigenvalue weighted by atomic mass is 10.0. The third-order valence-electron chi connectivity index (χ3n) is 7.12. The maximum Gasteiger partial charge on any atom is 0.417 e. The summed E-state index contributed by atoms with van der Waals surface area (Å²) >= 11 is 0. The first-order valence-electron chi connectivity index (χ1n) is 12.9. The monoisotopic (exact) mass is 553 g/mol. The Morgan fingerprint density at radius 2 is 1.75 bits per heavy atom. The highest BCUT2D eigenvalue weighted by molar-refractivity contribution is 6.13. The van der Waals surface area contributed by atoms with E-state index in [0.29, 0.717) is 43.6 Å². The average molecular weight is 554 g/mol. The Morgan fingerprint density at radius 1 is 0.975 bits per heavy atom. The molecule has 0 spiro atoms. The van der Waals surface area contributed by atoms with Gasteiger partial charge < -0.3 is 15.0 Å². The van der Waals surface area contributed by atoms with Crippen LogP contribution in [0.4, 0.5) is 33.5 Å². The van der Waals surface area contributed by atoms with E-state index in [9.17, 15) is 22.0 Å². The van der Waals surface area contributed by atoms with Crippen LogP contribution < -0.4 is 10.2 Å². The smallest absolute Gasteiger partial charge is 0.378 e. The first-order valence-corrected chi connectivity index (χ1v) is 12.9. The maximum absolute atomic E-state index is 14.8. The molecule has 11 heteroatoms. The lowest BCUT2D eigenvalue weighted by Crippen LogP contribution is -2.36. The van der Waals surface area contributed by atoms with E-state index < -0.39 is 29.4 Å². The lowest BCUT2D eigenvalue weighted by molar-refractivity contribution is -0.137. The van der Waals surface area contributed by atoms with Crippen molar-refractivity contribution in [3.8, 4) is 11.4 Å². The molecule has 0 saturated carbocycles. The minimum Gasteiger partial charge on any atom is -0.378 e. The van der Waals surface area contributed by atoms with Gasteiger partial charge in [0.1, 0.15) is 23.3 Å². The molecule has 0 aliphatic carbocycles. The number of nitrogens with one attached hydrogen (secondary N) is 1. The van der Waals surface area contributed by atoms with Gasteiger partial charge >= 0.3 is 6.18 Å². The van der Waals surface area contributed by atoms with Gasteiger partial charge in [-0.1, -0.05) is 25.1 Å². The van der Waals surface area contributed by atoms with Crippen LogP contribution in [-0.2, 0) is 10.9 Å². The molecule has 6 rings (SSSR count). The number of hydrogen-bond donors (Lipinski definition) is 1. The van der Waals surface area contributed by atoms with Gasteiger partial charge in [0.2, 0.25) is 0 Å². The summed E-state index contributed by atoms with van der Waals surface area (Å²) in [7, 11) is 0. The Morgan fingerprint density at radius 3 is 2.50 bits per heavy atom. The maximum atomic E-state index is 14.8. The number of rotatable bonds is 4. The Bertz CT molecular complexity index is 1630. The number of alkyl halides is 3. The third-order valence-corrected chi connectivity index (χ3v) is 7.12. The molecule has 1 unspecified atom stereocenters. The number of halogens is 5. The largest absolute Gasteiger partial charge is 0.417 e. The topological polar surface area (TPSA) is 62.6 Å². The van der Waals surface area contributed by atoms with E-state index in [4.69, 9.17) is 4.74 Å². The fraction of sp³-hybridized carbons (Fsp3) is 0.276. The van der Waals surface area contributed by atoms with Crippen molar-refractivity contribution in [1.82, 2.24) is 9.97 Å². The van der Waals surface area contributed by atoms with E-state index in [1.165, 1.54) is 24.3 Å². The summed E-state index contributed by atoms with van der Waals surface area (Å²) in [4.78, 5) is 15.7. The zero-order valence-electron chi connectivity index (χ0n) is 21.4. The average Bonchev–Trinajstić information content (AvgIpc) is 3.30. The summed E-state index contributed by atoms with van der Waals surface area (Å²) in [6, 6.07) is 12.0. The van der Waals surface area contributed by atoms with E-state index >= 15 is 0 Å². The molecule has 1 saturated heterocycles. The molecular formula is C29H24F5N5O. The molecule has 1 aromatic heterocycles. The van der Waals surface area contributed by atoms with Crippen LogP contribution >= 0.6 is 0 Å². The molecule has 4 aromatic rings. The summed E-state index contributed by atoms with van der Waals surface area (Å²) < 4.78 is 76.1. The Kier molecular flexibility index (Phi) is 6.61. The Balaban J connectivity index is 1.52. The first-order chi connectivity index (χ1) is 19.2. The first kappa shape index (κ1) is 26.1. The predicted molar refractivity (Wildman–Crippen MR) is 143 cm³/mol. The number of nitrogens with zero attached hydrogens (tertiary/aromatic N) is 4. The van der Waals surface area contributed by atoms with Crippen LogP contribution in [0.15, 0.2) is 59.6 Å². The second kappa shape index (κ2) is 10.1. The molecule has 2 aliphatic rings. The summed E-state index contributed by atoms with van der Waals surface area (Å²) in [5.41, 5.74) is 0.721. The number of aliphatic imine (C=N–C) groups is 1. The standard InChI is InChI=1S/C29H24F5N5O/c1-2-23-25-20(13-16(30)14-22(25)31)28(35-23)38-27-19-15-17(39-9-11-40-12-10-39)7-8-24(19)36-26(37-27)18-5-3-4-6-21(18)29(32,33)34/h3-8,13-15,23H,2,9-12H2,1H3,(H,35,36,37,38). The van der Waals surface area contributed by atoms with Crippen LogP contribution in [0, 0.1) is 11.6 Å². The van der Waals surface area contributed by atoms with Gasteiger partial charge in [-0.3, -0.25) is 4.99 Å². The van der Waals surface area contributed by atoms with Crippen LogP contribution in [0.1, 0.15) is 36.1 Å². The van der Waals surface area contributed by atoms with Crippen molar-refractivity contribution >= 4 is 28.2 Å². The number of morpholine rings is 1. The highest BCUT2D eigenvalue weighted by atomic mass is 19.4. The number of fused-ring (bicyclic) bond motifs is 2. The molecular weight excluding hydrogens is 529 g/mol. The lowest BCUT2D eigenvalue weighted by Gasteiger charge is -2.29. The second-order valence-corrected chi connectivity index (χ2v) is 9.62. The summed E-state index contributed by atoms with van der Waals surface area (Å²) in [6.07, 6.45) is -4.16. The van der Waals surface area contributed by atoms with Gasteiger partial charge in [-0.25, -0.2) is 18.7 Å². The Labute approximate surface area is 226 Å². The van der Waals surface area contributed by atoms with Crippen molar-refractivity contribution in [1.29, 1.82) is 0 Å². The highest BCUT2D eigenvalue weighted by Gasteiger charge is 2.35. The molecule has 1 N–H and O–H groups in total. The minimum atomic E-state index is -4.62. The summed E-state index contributed by atoms with van der Waals surface area (Å²) in [5, 5.41) is 3.62. The van der Waals surface area contributed by atoms with Crippen LogP contribution in [0.2, 0.25) is 0 Å². The van der Waals surface area contributed by atoms with Crippen molar-refractivity contribution in [2.24, 2.45) is 4.99 Å². The van der Waals surface area contributed by atoms with Gasteiger partial charge in [0, 0.05) is 46.9 Å². The van der Waals surface area contributed by atoms with Gasteiger partial charge in [-0.05, 0) is 36.8 Å². The fourth-order valence-corrected chi connectivity index (χ4v) is 5.19. The van der Waals surface area contributed by atoms with Gasteiger partial charge in [-0.2, -0.15) is 13.2 Å². The molecule has 6 nitrogen and oxygen atoms in total. The normalized spacial score (nSPS) is 17.2. The summed E-state index contributed by atoms with van der Waals surface area (Å²) in [5.74, 6) is -1.24. The molecule has 1 fully saturated rings. The third kappa shape index (κ3) is 4.74. The van der Waals surface area contributed by atoms with Crippen molar-refractivity contribution in [3.63, 3.8) is 0 Å². The molecule has 3 heterocycles. The van der Waals surface area contributed by atoms with Crippen LogP contribution in [0.3, 0.4) is 0 Å². The predicted octanol–water partition coefficient (Wildman–Crippen LogP) is 6.75. The van der Waals surface area contributed by atoms with E-state index in [1.807, 2.05) is 19.1 Å². The SMILES string of the molecule is CCC1N=C(Nc2nc(-c3ccccc3C(F)(F)F)nc3ccc(N4CCOCC4)cc23)c2cc(F)cc(F)c21. The molecule has 40 heavy (non-hydrogen) atoms. The zero-order valence-corrected chi connectivity index (χ0v) is 21.4. The molecule has 0 radical (unpaired) electrons. The van der Waals surface area contributed by atoms with E-state index in [-0.39, 0.29) is 34.2 Å². The van der Waals surface area contributed by atoms with Gasteiger partial charge in [0.05, 0.1) is 30.3 Å². The molecule has 0 bridgehead atoms. The molecule has 206 valence electrons. The van der Waals surface area contributed by atoms with E-state index in [1.54, 1.807) is 6.07 Å². The van der Waals surface area contributed by atoms with Gasteiger partial charge in [-0.15, -0.1) is 0 Å². The van der Waals surface area contributed by atoms with E-state index in [0.717, 1.165) is 17.8 Å². The van der Waals surface area contributed by atoms with Crippen LogP contribution in [0.25, 0.3) is 22.3 Å². The van der Waals surface area contributed by atoms with Gasteiger partial charge in [0.15, 0.2) is 5.82 Å². The molecule has 2 aliphatic heterocycles. The zero-order chi connectivity index (χ0) is 28.0. The van der Waals surface area contributed by atoms with Crippen molar-refractivity contribution < 1.29 is 26.7 Å². The summed E-state index contributed by atoms with van der Waals surface area (Å²) in [6.45, 7) is 4.31. The Hall–Kier alpha value is -4.12. The van der Waals surface area contributed by atoms with Crippen LogP contribution in [0.5, 0.6) is 0 Å². The quantitative estimate of drug-likeness (QED) is 0.283. The number of anilines is 2. The molecule has 1 atom stereocenters. The minimum absolute atomic E-state index is 0.140. The van der Waals surface area contributed by atoms with E-state index in [2.05, 4.69) is 25.2 Å². The van der Waals surface area contributed by atoms with Crippen molar-refractivity contribution in [2.45, 2.75) is 25.6 Å². The van der Waals surface area contributed by atoms with Crippen LogP contribution in [-0.4, -0.2) is 42.1 Å². The molecule has 3 aromatic carbocycles. The van der Waals surface area contributed by atoms with Gasteiger partial charge in [0.25, 0.3) is 0 Å². The number of benzene rings is 3. The second-order valence-electron chi connectivity index (χ2n) is 9.62. The van der Waals surface area contributed by atoms with Crippen molar-refractivity contribution in [3.05, 3.63) is 82.9 Å². The fourth-order valence-electron chi connectivity index (χ4n) is 5.19. The number of aromatic nitrogens is 2. The number of amidine groups is 1. The number of ether oxygens (including phenoxy) is 1. The molecule has 0 amide bonds.